The number of halogens is 1. The fourth-order valence-corrected chi connectivity index (χ4v) is 2.26. The van der Waals surface area contributed by atoms with E-state index < -0.39 is 6.10 Å². The van der Waals surface area contributed by atoms with Gasteiger partial charge in [0.1, 0.15) is 18.5 Å². The normalized spacial score (nSPS) is 14.9. The van der Waals surface area contributed by atoms with Crippen molar-refractivity contribution < 1.29 is 9.84 Å². The summed E-state index contributed by atoms with van der Waals surface area (Å²) in [7, 11) is 0. The van der Waals surface area contributed by atoms with Crippen molar-refractivity contribution in [1.82, 2.24) is 5.32 Å². The molecular weight excluding hydrogens is 262 g/mol. The van der Waals surface area contributed by atoms with E-state index in [4.69, 9.17) is 4.74 Å². The van der Waals surface area contributed by atoms with Gasteiger partial charge >= 0.3 is 0 Å². The quantitative estimate of drug-likeness (QED) is 0.843. The summed E-state index contributed by atoms with van der Waals surface area (Å²) in [6, 6.07) is 6.66. The molecule has 0 fully saturated rings. The number of aryl methyl sites for hydroxylation is 2. The van der Waals surface area contributed by atoms with Crippen LogP contribution in [0.1, 0.15) is 31.4 Å². The van der Waals surface area contributed by atoms with Crippen LogP contribution in [0.5, 0.6) is 5.75 Å². The van der Waals surface area contributed by atoms with Crippen molar-refractivity contribution in [3.8, 4) is 5.75 Å². The molecule has 0 aromatic heterocycles. The maximum atomic E-state index is 9.77. The van der Waals surface area contributed by atoms with Crippen LogP contribution in [0.2, 0.25) is 0 Å². The molecule has 0 saturated heterocycles. The Bertz CT molecular complexity index is 396. The molecule has 2 N–H and O–H groups in total. The minimum absolute atomic E-state index is 0. The topological polar surface area (TPSA) is 41.5 Å². The molecule has 2 rings (SSSR count). The SMILES string of the molecule is CC(C)NCC(O)COc1ccc2c(c1)CCC2.Cl. The van der Waals surface area contributed by atoms with Gasteiger partial charge in [0.25, 0.3) is 0 Å². The molecule has 0 radical (unpaired) electrons. The number of ether oxygens (including phenoxy) is 1. The van der Waals surface area contributed by atoms with Gasteiger partial charge in [-0.3, -0.25) is 0 Å². The molecular formula is C15H24ClNO2. The number of hydrogen-bond donors (Lipinski definition) is 2. The molecule has 1 aliphatic carbocycles. The van der Waals surface area contributed by atoms with Gasteiger partial charge in [-0.15, -0.1) is 12.4 Å². The fourth-order valence-electron chi connectivity index (χ4n) is 2.26. The third-order valence-electron chi connectivity index (χ3n) is 3.27. The van der Waals surface area contributed by atoms with Crippen LogP contribution in [-0.4, -0.2) is 30.4 Å². The van der Waals surface area contributed by atoms with Crippen LogP contribution in [0.3, 0.4) is 0 Å². The maximum Gasteiger partial charge on any atom is 0.119 e. The summed E-state index contributed by atoms with van der Waals surface area (Å²) < 4.78 is 5.64. The fraction of sp³-hybridized carbons (Fsp3) is 0.600. The van der Waals surface area contributed by atoms with E-state index in [0.29, 0.717) is 19.2 Å². The van der Waals surface area contributed by atoms with Gasteiger partial charge < -0.3 is 15.2 Å². The molecule has 0 heterocycles. The first kappa shape index (κ1) is 16.3. The number of rotatable bonds is 6. The zero-order chi connectivity index (χ0) is 13.0. The van der Waals surface area contributed by atoms with Gasteiger partial charge in [-0.1, -0.05) is 19.9 Å². The molecule has 19 heavy (non-hydrogen) atoms. The molecule has 1 aliphatic rings. The molecule has 1 aromatic carbocycles. The van der Waals surface area contributed by atoms with E-state index >= 15 is 0 Å². The van der Waals surface area contributed by atoms with Crippen LogP contribution in [0, 0.1) is 0 Å². The summed E-state index contributed by atoms with van der Waals surface area (Å²) >= 11 is 0. The highest BCUT2D eigenvalue weighted by Crippen LogP contribution is 2.25. The highest BCUT2D eigenvalue weighted by atomic mass is 35.5. The molecule has 1 aromatic rings. The summed E-state index contributed by atoms with van der Waals surface area (Å²) in [6.45, 7) is 5.04. The van der Waals surface area contributed by atoms with Gasteiger partial charge in [-0.2, -0.15) is 0 Å². The summed E-state index contributed by atoms with van der Waals surface area (Å²) in [4.78, 5) is 0. The van der Waals surface area contributed by atoms with Gasteiger partial charge in [0, 0.05) is 12.6 Å². The number of hydrogen-bond acceptors (Lipinski definition) is 3. The lowest BCUT2D eigenvalue weighted by Crippen LogP contribution is -2.35. The molecule has 0 amide bonds. The highest BCUT2D eigenvalue weighted by Gasteiger charge is 2.12. The number of aliphatic hydroxyl groups is 1. The second kappa shape index (κ2) is 7.73. The van der Waals surface area contributed by atoms with E-state index in [2.05, 4.69) is 31.3 Å². The lowest BCUT2D eigenvalue weighted by Gasteiger charge is -2.15. The van der Waals surface area contributed by atoms with Gasteiger partial charge in [0.2, 0.25) is 0 Å². The first-order valence-electron chi connectivity index (χ1n) is 6.81. The second-order valence-corrected chi connectivity index (χ2v) is 5.31. The Morgan fingerprint density at radius 2 is 2.00 bits per heavy atom. The van der Waals surface area contributed by atoms with Crippen molar-refractivity contribution in [1.29, 1.82) is 0 Å². The van der Waals surface area contributed by atoms with Crippen molar-refractivity contribution in [3.63, 3.8) is 0 Å². The Balaban J connectivity index is 0.00000180. The van der Waals surface area contributed by atoms with Crippen molar-refractivity contribution in [2.45, 2.75) is 45.3 Å². The Morgan fingerprint density at radius 1 is 1.26 bits per heavy atom. The zero-order valence-electron chi connectivity index (χ0n) is 11.7. The van der Waals surface area contributed by atoms with Crippen LogP contribution in [-0.2, 0) is 12.8 Å². The second-order valence-electron chi connectivity index (χ2n) is 5.31. The molecule has 108 valence electrons. The summed E-state index contributed by atoms with van der Waals surface area (Å²) in [5, 5.41) is 13.0. The monoisotopic (exact) mass is 285 g/mol. The van der Waals surface area contributed by atoms with Crippen molar-refractivity contribution in [3.05, 3.63) is 29.3 Å². The van der Waals surface area contributed by atoms with Crippen molar-refractivity contribution >= 4 is 12.4 Å². The van der Waals surface area contributed by atoms with Crippen LogP contribution in [0.15, 0.2) is 18.2 Å². The van der Waals surface area contributed by atoms with E-state index in [9.17, 15) is 5.11 Å². The summed E-state index contributed by atoms with van der Waals surface area (Å²) in [5.74, 6) is 0.874. The van der Waals surface area contributed by atoms with Crippen molar-refractivity contribution in [2.24, 2.45) is 0 Å². The van der Waals surface area contributed by atoms with Gasteiger partial charge in [-0.05, 0) is 42.5 Å². The largest absolute Gasteiger partial charge is 0.491 e. The van der Waals surface area contributed by atoms with Gasteiger partial charge in [0.15, 0.2) is 0 Å². The zero-order valence-corrected chi connectivity index (χ0v) is 12.5. The number of benzene rings is 1. The molecule has 0 saturated carbocycles. The van der Waals surface area contributed by atoms with Crippen molar-refractivity contribution in [2.75, 3.05) is 13.2 Å². The highest BCUT2D eigenvalue weighted by molar-refractivity contribution is 5.85. The average molecular weight is 286 g/mol. The standard InChI is InChI=1S/C15H23NO2.ClH/c1-11(2)16-9-14(17)10-18-15-7-6-12-4-3-5-13(12)8-15;/h6-8,11,14,16-17H,3-5,9-10H2,1-2H3;1H. The van der Waals surface area contributed by atoms with Crippen LogP contribution in [0.25, 0.3) is 0 Å². The molecule has 3 nitrogen and oxygen atoms in total. The lowest BCUT2D eigenvalue weighted by molar-refractivity contribution is 0.104. The minimum atomic E-state index is -0.458. The smallest absolute Gasteiger partial charge is 0.119 e. The third-order valence-corrected chi connectivity index (χ3v) is 3.27. The van der Waals surface area contributed by atoms with Gasteiger partial charge in [-0.25, -0.2) is 0 Å². The Kier molecular flexibility index (Phi) is 6.63. The van der Waals surface area contributed by atoms with E-state index in [-0.39, 0.29) is 12.4 Å². The molecule has 4 heteroatoms. The van der Waals surface area contributed by atoms with Crippen LogP contribution in [0.4, 0.5) is 0 Å². The minimum Gasteiger partial charge on any atom is -0.491 e. The molecule has 0 spiro atoms. The number of nitrogens with one attached hydrogen (secondary N) is 1. The molecule has 1 unspecified atom stereocenters. The first-order valence-corrected chi connectivity index (χ1v) is 6.81. The van der Waals surface area contributed by atoms with E-state index in [1.807, 2.05) is 6.07 Å². The predicted octanol–water partition coefficient (Wildman–Crippen LogP) is 2.33. The van der Waals surface area contributed by atoms with E-state index in [1.54, 1.807) is 0 Å². The average Bonchev–Trinajstić information content (AvgIpc) is 2.81. The predicted molar refractivity (Wildman–Crippen MR) is 80.4 cm³/mol. The molecule has 1 atom stereocenters. The van der Waals surface area contributed by atoms with Gasteiger partial charge in [0.05, 0.1) is 0 Å². The Hall–Kier alpha value is -0.770. The first-order chi connectivity index (χ1) is 8.65. The lowest BCUT2D eigenvalue weighted by atomic mass is 10.1. The maximum absolute atomic E-state index is 9.77. The Morgan fingerprint density at radius 3 is 2.74 bits per heavy atom. The van der Waals surface area contributed by atoms with E-state index in [1.165, 1.54) is 24.0 Å². The summed E-state index contributed by atoms with van der Waals surface area (Å²) in [6.07, 6.45) is 3.14. The summed E-state index contributed by atoms with van der Waals surface area (Å²) in [5.41, 5.74) is 2.85. The molecule has 0 aliphatic heterocycles. The molecule has 0 bridgehead atoms. The van der Waals surface area contributed by atoms with E-state index in [0.717, 1.165) is 12.2 Å². The van der Waals surface area contributed by atoms with Crippen LogP contribution < -0.4 is 10.1 Å². The van der Waals surface area contributed by atoms with Crippen LogP contribution >= 0.6 is 12.4 Å². The number of aliphatic hydroxyl groups excluding tert-OH is 1. The third kappa shape index (κ3) is 5.01. The number of fused-ring (bicyclic) bond motifs is 1. The Labute approximate surface area is 121 Å².